The average Bonchev–Trinajstić information content (AvgIpc) is 3.16. The van der Waals surface area contributed by atoms with Gasteiger partial charge in [0.15, 0.2) is 5.82 Å². The van der Waals surface area contributed by atoms with Crippen molar-refractivity contribution in [2.45, 2.75) is 0 Å². The van der Waals surface area contributed by atoms with Crippen LogP contribution in [0.2, 0.25) is 0 Å². The number of aromatic nitrogens is 2. The zero-order chi connectivity index (χ0) is 19.2. The number of benzene rings is 1. The maximum absolute atomic E-state index is 9.38. The number of fused-ring (bicyclic) bond motifs is 1. The highest BCUT2D eigenvalue weighted by molar-refractivity contribution is 7.17. The van der Waals surface area contributed by atoms with Gasteiger partial charge in [-0.1, -0.05) is 12.1 Å². The minimum absolute atomic E-state index is 0.294. The van der Waals surface area contributed by atoms with Crippen LogP contribution in [0.3, 0.4) is 0 Å². The number of rotatable bonds is 8. The van der Waals surface area contributed by atoms with E-state index in [-0.39, 0.29) is 0 Å². The van der Waals surface area contributed by atoms with E-state index in [2.05, 4.69) is 15.1 Å². The summed E-state index contributed by atoms with van der Waals surface area (Å²) in [7, 11) is 1.51. The number of methoxy groups -OCH3 is 2. The Morgan fingerprint density at radius 1 is 1.26 bits per heavy atom. The van der Waals surface area contributed by atoms with Crippen molar-refractivity contribution in [3.8, 4) is 5.75 Å². The lowest BCUT2D eigenvalue weighted by Gasteiger charge is -2.18. The van der Waals surface area contributed by atoms with Gasteiger partial charge in [0.25, 0.3) is 0 Å². The SMILES string of the molecule is COCCN(/N=C/c1ccc(B(O)O)c(OC)c1)c1ncnc2ccsc12. The Kier molecular flexibility index (Phi) is 6.35. The number of hydrogen-bond acceptors (Lipinski definition) is 9. The Morgan fingerprint density at radius 3 is 2.85 bits per heavy atom. The van der Waals surface area contributed by atoms with Crippen LogP contribution in [0, 0.1) is 0 Å². The van der Waals surface area contributed by atoms with E-state index in [1.165, 1.54) is 13.4 Å². The quantitative estimate of drug-likeness (QED) is 0.337. The Labute approximate surface area is 160 Å². The zero-order valence-corrected chi connectivity index (χ0v) is 15.8. The van der Waals surface area contributed by atoms with Gasteiger partial charge in [-0.2, -0.15) is 5.10 Å². The van der Waals surface area contributed by atoms with Crippen LogP contribution >= 0.6 is 11.3 Å². The third kappa shape index (κ3) is 4.42. The van der Waals surface area contributed by atoms with E-state index in [9.17, 15) is 10.0 Å². The number of nitrogens with zero attached hydrogens (tertiary/aromatic N) is 4. The molecule has 3 aromatic rings. The molecule has 0 saturated heterocycles. The van der Waals surface area contributed by atoms with Crippen LogP contribution in [0.1, 0.15) is 5.56 Å². The number of hydrogen-bond donors (Lipinski definition) is 2. The van der Waals surface area contributed by atoms with E-state index in [0.717, 1.165) is 15.8 Å². The maximum Gasteiger partial charge on any atom is 0.492 e. The molecule has 0 unspecified atom stereocenters. The number of ether oxygens (including phenoxy) is 2. The van der Waals surface area contributed by atoms with Gasteiger partial charge < -0.3 is 19.5 Å². The minimum Gasteiger partial charge on any atom is -0.497 e. The van der Waals surface area contributed by atoms with Gasteiger partial charge >= 0.3 is 7.12 Å². The lowest BCUT2D eigenvalue weighted by Crippen LogP contribution is -2.31. The molecule has 27 heavy (non-hydrogen) atoms. The Balaban J connectivity index is 1.92. The molecule has 2 N–H and O–H groups in total. The van der Waals surface area contributed by atoms with Crippen LogP contribution in [0.4, 0.5) is 5.82 Å². The Morgan fingerprint density at radius 2 is 2.11 bits per heavy atom. The summed E-state index contributed by atoms with van der Waals surface area (Å²) in [5, 5.41) is 27.0. The molecule has 0 spiro atoms. The molecular formula is C17H19BN4O4S. The van der Waals surface area contributed by atoms with Crippen molar-refractivity contribution in [1.29, 1.82) is 0 Å². The average molecular weight is 386 g/mol. The molecule has 10 heteroatoms. The van der Waals surface area contributed by atoms with E-state index in [4.69, 9.17) is 9.47 Å². The van der Waals surface area contributed by atoms with Crippen molar-refractivity contribution in [3.63, 3.8) is 0 Å². The molecule has 0 fully saturated rings. The second-order valence-electron chi connectivity index (χ2n) is 5.57. The molecule has 2 heterocycles. The normalized spacial score (nSPS) is 11.3. The molecule has 0 aliphatic carbocycles. The lowest BCUT2D eigenvalue weighted by molar-refractivity contribution is 0.205. The van der Waals surface area contributed by atoms with E-state index in [0.29, 0.717) is 30.2 Å². The molecular weight excluding hydrogens is 367 g/mol. The smallest absolute Gasteiger partial charge is 0.492 e. The fraction of sp³-hybridized carbons (Fsp3) is 0.235. The second-order valence-corrected chi connectivity index (χ2v) is 6.48. The first-order chi connectivity index (χ1) is 13.1. The first-order valence-electron chi connectivity index (χ1n) is 8.16. The summed E-state index contributed by atoms with van der Waals surface area (Å²) in [4.78, 5) is 8.64. The highest BCUT2D eigenvalue weighted by atomic mass is 32.1. The summed E-state index contributed by atoms with van der Waals surface area (Å²) in [6, 6.07) is 6.95. The monoisotopic (exact) mass is 386 g/mol. The summed E-state index contributed by atoms with van der Waals surface area (Å²) in [6.07, 6.45) is 3.17. The standard InChI is InChI=1S/C17H19BN4O4S/c1-25-7-6-22(17-16-14(5-8-27-16)19-11-20-17)21-10-12-3-4-13(18(23)24)15(9-12)26-2/h3-5,8-11,23-24H,6-7H2,1-2H3/b21-10+. The minimum atomic E-state index is -1.60. The van der Waals surface area contributed by atoms with Crippen LogP contribution in [-0.2, 0) is 4.74 Å². The molecule has 140 valence electrons. The van der Waals surface area contributed by atoms with Crippen LogP contribution < -0.4 is 15.2 Å². The molecule has 2 aromatic heterocycles. The summed E-state index contributed by atoms with van der Waals surface area (Å²) >= 11 is 1.55. The van der Waals surface area contributed by atoms with E-state index in [1.807, 2.05) is 11.4 Å². The van der Waals surface area contributed by atoms with Gasteiger partial charge in [-0.25, -0.2) is 15.0 Å². The van der Waals surface area contributed by atoms with Crippen LogP contribution in [0.25, 0.3) is 10.2 Å². The first kappa shape index (κ1) is 19.2. The third-order valence-corrected chi connectivity index (χ3v) is 4.76. The van der Waals surface area contributed by atoms with Gasteiger partial charge in [-0.3, -0.25) is 0 Å². The molecule has 0 atom stereocenters. The molecule has 0 bridgehead atoms. The molecule has 8 nitrogen and oxygen atoms in total. The van der Waals surface area contributed by atoms with Crippen LogP contribution in [-0.4, -0.2) is 60.7 Å². The van der Waals surface area contributed by atoms with Gasteiger partial charge in [-0.15, -0.1) is 11.3 Å². The van der Waals surface area contributed by atoms with Crippen molar-refractivity contribution in [1.82, 2.24) is 9.97 Å². The van der Waals surface area contributed by atoms with Crippen molar-refractivity contribution >= 4 is 46.2 Å². The number of hydrazone groups is 1. The highest BCUT2D eigenvalue weighted by Crippen LogP contribution is 2.28. The molecule has 0 amide bonds. The fourth-order valence-electron chi connectivity index (χ4n) is 2.51. The molecule has 1 aromatic carbocycles. The van der Waals surface area contributed by atoms with Gasteiger partial charge in [0.2, 0.25) is 0 Å². The predicted octanol–water partition coefficient (Wildman–Crippen LogP) is 0.867. The molecule has 0 aliphatic heterocycles. The Bertz CT molecular complexity index is 934. The van der Waals surface area contributed by atoms with Gasteiger partial charge in [0, 0.05) is 12.6 Å². The molecule has 0 saturated carbocycles. The summed E-state index contributed by atoms with van der Waals surface area (Å²) in [5.41, 5.74) is 1.91. The largest absolute Gasteiger partial charge is 0.497 e. The molecule has 0 radical (unpaired) electrons. The van der Waals surface area contributed by atoms with Crippen LogP contribution in [0.15, 0.2) is 41.1 Å². The molecule has 0 aliphatic rings. The summed E-state index contributed by atoms with van der Waals surface area (Å²) < 4.78 is 11.3. The first-order valence-corrected chi connectivity index (χ1v) is 9.04. The highest BCUT2D eigenvalue weighted by Gasteiger charge is 2.17. The number of anilines is 1. The topological polar surface area (TPSA) is 100 Å². The van der Waals surface area contributed by atoms with Gasteiger partial charge in [0.05, 0.1) is 36.7 Å². The second kappa shape index (κ2) is 8.91. The van der Waals surface area contributed by atoms with Crippen molar-refractivity contribution in [2.24, 2.45) is 5.10 Å². The maximum atomic E-state index is 9.38. The summed E-state index contributed by atoms with van der Waals surface area (Å²) in [5.74, 6) is 1.08. The Hall–Kier alpha value is -2.53. The number of thiophene rings is 1. The predicted molar refractivity (Wildman–Crippen MR) is 107 cm³/mol. The van der Waals surface area contributed by atoms with Crippen molar-refractivity contribution < 1.29 is 19.5 Å². The third-order valence-electron chi connectivity index (χ3n) is 3.86. The van der Waals surface area contributed by atoms with Gasteiger partial charge in [-0.05, 0) is 23.1 Å². The van der Waals surface area contributed by atoms with Crippen molar-refractivity contribution in [3.05, 3.63) is 41.5 Å². The van der Waals surface area contributed by atoms with E-state index < -0.39 is 7.12 Å². The lowest BCUT2D eigenvalue weighted by atomic mass is 9.79. The van der Waals surface area contributed by atoms with E-state index in [1.54, 1.807) is 47.9 Å². The van der Waals surface area contributed by atoms with Crippen molar-refractivity contribution in [2.75, 3.05) is 32.4 Å². The fourth-order valence-corrected chi connectivity index (χ4v) is 3.35. The zero-order valence-electron chi connectivity index (χ0n) is 14.9. The summed E-state index contributed by atoms with van der Waals surface area (Å²) in [6.45, 7) is 0.995. The molecule has 3 rings (SSSR count). The van der Waals surface area contributed by atoms with E-state index >= 15 is 0 Å². The van der Waals surface area contributed by atoms with Gasteiger partial charge in [0.1, 0.15) is 12.1 Å². The van der Waals surface area contributed by atoms with Crippen LogP contribution in [0.5, 0.6) is 5.75 Å².